The molecule has 9 heteroatoms. The van der Waals surface area contributed by atoms with Crippen LogP contribution in [0, 0.1) is 5.82 Å². The Hall–Kier alpha value is -2.97. The number of rotatable bonds is 7. The summed E-state index contributed by atoms with van der Waals surface area (Å²) < 4.78 is 19.0. The predicted molar refractivity (Wildman–Crippen MR) is 118 cm³/mol. The second-order valence-electron chi connectivity index (χ2n) is 6.84. The molecule has 0 aliphatic rings. The van der Waals surface area contributed by atoms with E-state index in [0.717, 1.165) is 10.1 Å². The average molecular weight is 463 g/mol. The summed E-state index contributed by atoms with van der Waals surface area (Å²) in [6, 6.07) is 12.7. The maximum Gasteiger partial charge on any atom is 0.326 e. The van der Waals surface area contributed by atoms with E-state index in [9.17, 15) is 18.8 Å². The lowest BCUT2D eigenvalue weighted by molar-refractivity contribution is -0.154. The molecule has 162 valence electrons. The van der Waals surface area contributed by atoms with Crippen molar-refractivity contribution in [2.45, 2.75) is 26.0 Å². The van der Waals surface area contributed by atoms with Crippen LogP contribution < -0.4 is 10.6 Å². The maximum absolute atomic E-state index is 13.0. The molecule has 0 saturated carbocycles. The molecule has 1 heterocycles. The Labute approximate surface area is 187 Å². The Morgan fingerprint density at radius 1 is 1.10 bits per heavy atom. The van der Waals surface area contributed by atoms with Crippen molar-refractivity contribution in [2.24, 2.45) is 0 Å². The van der Waals surface area contributed by atoms with Gasteiger partial charge in [0.15, 0.2) is 6.10 Å². The molecule has 3 aromatic rings. The van der Waals surface area contributed by atoms with Crippen LogP contribution in [0.2, 0.25) is 5.02 Å². The van der Waals surface area contributed by atoms with Crippen molar-refractivity contribution in [3.8, 4) is 0 Å². The fraction of sp³-hybridized carbons (Fsp3) is 0.227. The van der Waals surface area contributed by atoms with E-state index in [0.29, 0.717) is 15.5 Å². The Morgan fingerprint density at radius 3 is 2.45 bits per heavy atom. The van der Waals surface area contributed by atoms with Crippen LogP contribution >= 0.6 is 22.9 Å². The summed E-state index contributed by atoms with van der Waals surface area (Å²) in [4.78, 5) is 37.0. The zero-order valence-electron chi connectivity index (χ0n) is 16.8. The minimum absolute atomic E-state index is 0.301. The molecule has 31 heavy (non-hydrogen) atoms. The number of carbonyl (C=O) groups is 3. The van der Waals surface area contributed by atoms with Gasteiger partial charge < -0.3 is 15.4 Å². The number of halogens is 2. The van der Waals surface area contributed by atoms with Gasteiger partial charge in [0.25, 0.3) is 11.8 Å². The first-order valence-electron chi connectivity index (χ1n) is 9.46. The molecule has 2 N–H and O–H groups in total. The molecule has 3 rings (SSSR count). The van der Waals surface area contributed by atoms with E-state index in [1.165, 1.54) is 30.4 Å². The molecule has 0 aliphatic heterocycles. The first-order chi connectivity index (χ1) is 14.8. The lowest BCUT2D eigenvalue weighted by Gasteiger charge is -2.18. The van der Waals surface area contributed by atoms with Crippen molar-refractivity contribution in [3.63, 3.8) is 0 Å². The quantitative estimate of drug-likeness (QED) is 0.514. The summed E-state index contributed by atoms with van der Waals surface area (Å²) in [6.07, 6.45) is -1.07. The number of fused-ring (bicyclic) bond motifs is 1. The molecule has 0 aliphatic carbocycles. The molecule has 0 spiro atoms. The Bertz CT molecular complexity index is 1120. The highest BCUT2D eigenvalue weighted by Gasteiger charge is 2.22. The van der Waals surface area contributed by atoms with Crippen LogP contribution in [0.3, 0.4) is 0 Å². The van der Waals surface area contributed by atoms with Crippen LogP contribution in [0.15, 0.2) is 48.5 Å². The highest BCUT2D eigenvalue weighted by Crippen LogP contribution is 2.34. The zero-order valence-corrected chi connectivity index (χ0v) is 18.4. The van der Waals surface area contributed by atoms with E-state index in [-0.39, 0.29) is 5.82 Å². The summed E-state index contributed by atoms with van der Waals surface area (Å²) in [6.45, 7) is 2.75. The van der Waals surface area contributed by atoms with E-state index < -0.39 is 36.5 Å². The Balaban J connectivity index is 1.50. The highest BCUT2D eigenvalue weighted by atomic mass is 35.5. The summed E-state index contributed by atoms with van der Waals surface area (Å²) in [5, 5.41) is 6.25. The molecule has 0 fully saturated rings. The Kier molecular flexibility index (Phi) is 7.25. The molecule has 6 nitrogen and oxygen atoms in total. The van der Waals surface area contributed by atoms with Gasteiger partial charge >= 0.3 is 5.97 Å². The van der Waals surface area contributed by atoms with E-state index in [1.807, 2.05) is 24.3 Å². The van der Waals surface area contributed by atoms with E-state index in [2.05, 4.69) is 10.6 Å². The number of esters is 1. The molecule has 2 amide bonds. The van der Waals surface area contributed by atoms with Gasteiger partial charge in [0.2, 0.25) is 0 Å². The molecule has 0 bridgehead atoms. The van der Waals surface area contributed by atoms with Crippen molar-refractivity contribution in [3.05, 3.63) is 69.8 Å². The van der Waals surface area contributed by atoms with Gasteiger partial charge in [-0.1, -0.05) is 41.9 Å². The molecule has 1 aromatic heterocycles. The van der Waals surface area contributed by atoms with Crippen LogP contribution in [-0.2, 0) is 14.3 Å². The monoisotopic (exact) mass is 462 g/mol. The largest absolute Gasteiger partial charge is 0.451 e. The zero-order chi connectivity index (χ0) is 22.5. The number of amides is 2. The Morgan fingerprint density at radius 2 is 1.77 bits per heavy atom. The lowest BCUT2D eigenvalue weighted by atomic mass is 10.1. The van der Waals surface area contributed by atoms with Crippen molar-refractivity contribution in [1.82, 2.24) is 10.6 Å². The van der Waals surface area contributed by atoms with Gasteiger partial charge in [-0.25, -0.2) is 4.39 Å². The minimum atomic E-state index is -1.07. The van der Waals surface area contributed by atoms with Crippen molar-refractivity contribution in [1.29, 1.82) is 0 Å². The molecule has 2 aromatic carbocycles. The SMILES string of the molecule is CC(OC(=O)CNC(=O)c1sc2ccccc2c1Cl)C(=O)NC(C)c1ccc(F)cc1. The molecule has 2 atom stereocenters. The van der Waals surface area contributed by atoms with E-state index >= 15 is 0 Å². The first kappa shape index (κ1) is 22.7. The predicted octanol–water partition coefficient (Wildman–Crippen LogP) is 4.23. The minimum Gasteiger partial charge on any atom is -0.451 e. The van der Waals surface area contributed by atoms with E-state index in [1.54, 1.807) is 19.1 Å². The smallest absolute Gasteiger partial charge is 0.326 e. The number of benzene rings is 2. The van der Waals surface area contributed by atoms with Gasteiger partial charge in [0, 0.05) is 10.1 Å². The molecular weight excluding hydrogens is 443 g/mol. The molecule has 0 saturated heterocycles. The third-order valence-electron chi connectivity index (χ3n) is 4.54. The maximum atomic E-state index is 13.0. The number of thiophene rings is 1. The number of ether oxygens (including phenoxy) is 1. The standard InChI is InChI=1S/C22H20ClFN2O4S/c1-12(14-7-9-15(24)10-8-14)26-21(28)13(2)30-18(27)11-25-22(29)20-19(23)16-5-3-4-6-17(16)31-20/h3-10,12-13H,11H2,1-2H3,(H,25,29)(H,26,28). The summed E-state index contributed by atoms with van der Waals surface area (Å²) in [7, 11) is 0. The summed E-state index contributed by atoms with van der Waals surface area (Å²) in [5.74, 6) is -2.14. The number of hydrogen-bond acceptors (Lipinski definition) is 5. The fourth-order valence-corrected chi connectivity index (χ4v) is 4.28. The fourth-order valence-electron chi connectivity index (χ4n) is 2.85. The van der Waals surface area contributed by atoms with Crippen molar-refractivity contribution in [2.75, 3.05) is 6.54 Å². The van der Waals surface area contributed by atoms with Crippen molar-refractivity contribution < 1.29 is 23.5 Å². The first-order valence-corrected chi connectivity index (χ1v) is 10.7. The van der Waals surface area contributed by atoms with Crippen LogP contribution in [0.25, 0.3) is 10.1 Å². The lowest BCUT2D eigenvalue weighted by Crippen LogP contribution is -2.39. The van der Waals surface area contributed by atoms with Crippen LogP contribution in [-0.4, -0.2) is 30.4 Å². The van der Waals surface area contributed by atoms with Crippen LogP contribution in [0.1, 0.15) is 35.1 Å². The molecular formula is C22H20ClFN2O4S. The third kappa shape index (κ3) is 5.59. The van der Waals surface area contributed by atoms with Gasteiger partial charge in [-0.2, -0.15) is 0 Å². The van der Waals surface area contributed by atoms with Gasteiger partial charge in [-0.3, -0.25) is 14.4 Å². The van der Waals surface area contributed by atoms with Gasteiger partial charge in [0.05, 0.1) is 11.1 Å². The number of hydrogen-bond donors (Lipinski definition) is 2. The number of nitrogens with one attached hydrogen (secondary N) is 2. The van der Waals surface area contributed by atoms with Gasteiger partial charge in [0.1, 0.15) is 17.2 Å². The average Bonchev–Trinajstić information content (AvgIpc) is 3.09. The topological polar surface area (TPSA) is 84.5 Å². The second-order valence-corrected chi connectivity index (χ2v) is 8.27. The molecule has 0 radical (unpaired) electrons. The third-order valence-corrected chi connectivity index (χ3v) is 6.21. The van der Waals surface area contributed by atoms with Crippen LogP contribution in [0.5, 0.6) is 0 Å². The number of carbonyl (C=O) groups excluding carboxylic acids is 3. The highest BCUT2D eigenvalue weighted by molar-refractivity contribution is 7.21. The second kappa shape index (κ2) is 9.89. The molecule has 2 unspecified atom stereocenters. The van der Waals surface area contributed by atoms with Crippen LogP contribution in [0.4, 0.5) is 4.39 Å². The van der Waals surface area contributed by atoms with E-state index in [4.69, 9.17) is 16.3 Å². The van der Waals surface area contributed by atoms with Crippen molar-refractivity contribution >= 4 is 50.8 Å². The van der Waals surface area contributed by atoms with Gasteiger partial charge in [-0.15, -0.1) is 11.3 Å². The van der Waals surface area contributed by atoms with Gasteiger partial charge in [-0.05, 0) is 37.6 Å². The summed E-state index contributed by atoms with van der Waals surface area (Å²) >= 11 is 7.48. The normalized spacial score (nSPS) is 12.8. The summed E-state index contributed by atoms with van der Waals surface area (Å²) in [5.41, 5.74) is 0.709.